The van der Waals surface area contributed by atoms with Crippen molar-refractivity contribution in [3.8, 4) is 0 Å². The Morgan fingerprint density at radius 2 is 1.67 bits per heavy atom. The molecule has 1 aliphatic carbocycles. The minimum Gasteiger partial charge on any atom is -0.379 e. The molecular weight excluding hydrogens is 376 g/mol. The van der Waals surface area contributed by atoms with Crippen LogP contribution in [0.5, 0.6) is 0 Å². The van der Waals surface area contributed by atoms with Crippen molar-refractivity contribution in [1.82, 2.24) is 9.80 Å². The van der Waals surface area contributed by atoms with Gasteiger partial charge in [-0.3, -0.25) is 9.69 Å². The van der Waals surface area contributed by atoms with Crippen LogP contribution in [0.15, 0.2) is 42.5 Å². The molecule has 2 aromatic rings. The van der Waals surface area contributed by atoms with E-state index in [0.29, 0.717) is 12.5 Å². The van der Waals surface area contributed by atoms with Crippen LogP contribution in [0.3, 0.4) is 0 Å². The lowest BCUT2D eigenvalue weighted by molar-refractivity contribution is -0.140. The molecule has 1 unspecified atom stereocenters. The van der Waals surface area contributed by atoms with E-state index in [1.54, 1.807) is 14.2 Å². The molecule has 0 aromatic heterocycles. The third-order valence-corrected chi connectivity index (χ3v) is 7.13. The van der Waals surface area contributed by atoms with E-state index in [2.05, 4.69) is 29.2 Å². The van der Waals surface area contributed by atoms with Crippen molar-refractivity contribution in [3.05, 3.63) is 48.0 Å². The van der Waals surface area contributed by atoms with Crippen LogP contribution < -0.4 is 0 Å². The number of nitrogens with zero attached hydrogens (tertiary/aromatic N) is 2. The van der Waals surface area contributed by atoms with Crippen molar-refractivity contribution in [2.75, 3.05) is 34.4 Å². The number of ether oxygens (including phenoxy) is 2. The molecule has 0 N–H and O–H groups in total. The fourth-order valence-corrected chi connectivity index (χ4v) is 5.39. The fraction of sp³-hybridized carbons (Fsp3) is 0.560. The molecule has 0 spiro atoms. The lowest BCUT2D eigenvalue weighted by Gasteiger charge is -2.47. The van der Waals surface area contributed by atoms with Gasteiger partial charge in [-0.1, -0.05) is 42.5 Å². The lowest BCUT2D eigenvalue weighted by atomic mass is 9.84. The van der Waals surface area contributed by atoms with E-state index in [-0.39, 0.29) is 24.2 Å². The average Bonchev–Trinajstić information content (AvgIpc) is 3.32. The van der Waals surface area contributed by atoms with Crippen molar-refractivity contribution in [1.29, 1.82) is 0 Å². The van der Waals surface area contributed by atoms with E-state index in [0.717, 1.165) is 36.9 Å². The minimum atomic E-state index is 0.0201. The van der Waals surface area contributed by atoms with Crippen molar-refractivity contribution in [3.63, 3.8) is 0 Å². The Morgan fingerprint density at radius 3 is 2.40 bits per heavy atom. The molecule has 5 nitrogen and oxygen atoms in total. The summed E-state index contributed by atoms with van der Waals surface area (Å²) in [5.41, 5.74) is 1.09. The zero-order valence-electron chi connectivity index (χ0n) is 18.4. The van der Waals surface area contributed by atoms with E-state index >= 15 is 0 Å². The van der Waals surface area contributed by atoms with E-state index in [1.165, 1.54) is 18.2 Å². The zero-order valence-corrected chi connectivity index (χ0v) is 18.4. The number of carbonyl (C=O) groups is 1. The number of rotatable bonds is 6. The summed E-state index contributed by atoms with van der Waals surface area (Å²) >= 11 is 0. The molecule has 1 heterocycles. The third-order valence-electron chi connectivity index (χ3n) is 7.13. The largest absolute Gasteiger partial charge is 0.379 e. The average molecular weight is 411 g/mol. The van der Waals surface area contributed by atoms with E-state index in [1.807, 2.05) is 30.1 Å². The SMILES string of the molecule is COC1C[C@@H](N(C)C(=O)Cc2cccc3ccccc23)[C@H](N2CCCC2)C[C@@H]1OC. The summed E-state index contributed by atoms with van der Waals surface area (Å²) in [6, 6.07) is 15.0. The first-order valence-electron chi connectivity index (χ1n) is 11.1. The highest BCUT2D eigenvalue weighted by molar-refractivity contribution is 5.90. The first-order valence-corrected chi connectivity index (χ1v) is 11.1. The van der Waals surface area contributed by atoms with Crippen LogP contribution in [0, 0.1) is 0 Å². The minimum absolute atomic E-state index is 0.0201. The second kappa shape index (κ2) is 9.46. The maximum atomic E-state index is 13.4. The Kier molecular flexibility index (Phi) is 6.71. The van der Waals surface area contributed by atoms with Crippen molar-refractivity contribution < 1.29 is 14.3 Å². The Labute approximate surface area is 179 Å². The van der Waals surface area contributed by atoms with E-state index in [4.69, 9.17) is 9.47 Å². The molecule has 2 aromatic carbocycles. The Hall–Kier alpha value is -1.95. The van der Waals surface area contributed by atoms with Gasteiger partial charge in [0.1, 0.15) is 0 Å². The topological polar surface area (TPSA) is 42.0 Å². The number of fused-ring (bicyclic) bond motifs is 1. The monoisotopic (exact) mass is 410 g/mol. The summed E-state index contributed by atoms with van der Waals surface area (Å²) in [7, 11) is 5.50. The van der Waals surface area contributed by atoms with E-state index in [9.17, 15) is 4.79 Å². The molecule has 30 heavy (non-hydrogen) atoms. The maximum absolute atomic E-state index is 13.4. The predicted octanol–water partition coefficient (Wildman–Crippen LogP) is 3.50. The predicted molar refractivity (Wildman–Crippen MR) is 120 cm³/mol. The molecule has 1 amide bonds. The molecule has 162 valence electrons. The van der Waals surface area contributed by atoms with E-state index < -0.39 is 0 Å². The molecule has 1 aliphatic heterocycles. The van der Waals surface area contributed by atoms with Gasteiger partial charge in [-0.05, 0) is 55.1 Å². The van der Waals surface area contributed by atoms with Gasteiger partial charge in [-0.2, -0.15) is 0 Å². The zero-order chi connectivity index (χ0) is 21.1. The molecule has 0 bridgehead atoms. The highest BCUT2D eigenvalue weighted by Crippen LogP contribution is 2.32. The number of methoxy groups -OCH3 is 2. The Morgan fingerprint density at radius 1 is 1.00 bits per heavy atom. The van der Waals surface area contributed by atoms with Crippen LogP contribution in [0.2, 0.25) is 0 Å². The number of benzene rings is 2. The summed E-state index contributed by atoms with van der Waals surface area (Å²) in [6.07, 6.45) is 4.72. The van der Waals surface area contributed by atoms with Crippen LogP contribution in [0.1, 0.15) is 31.2 Å². The molecule has 1 saturated heterocycles. The highest BCUT2D eigenvalue weighted by atomic mass is 16.5. The van der Waals surface area contributed by atoms with Gasteiger partial charge in [0.05, 0.1) is 18.6 Å². The molecule has 0 radical (unpaired) electrons. The number of hydrogen-bond acceptors (Lipinski definition) is 4. The van der Waals surface area contributed by atoms with Crippen LogP contribution in [-0.2, 0) is 20.7 Å². The first kappa shape index (κ1) is 21.3. The molecule has 4 atom stereocenters. The van der Waals surface area contributed by atoms with Gasteiger partial charge < -0.3 is 14.4 Å². The number of carbonyl (C=O) groups excluding carboxylic acids is 1. The first-order chi connectivity index (χ1) is 14.6. The van der Waals surface area contributed by atoms with Gasteiger partial charge in [0.2, 0.25) is 5.91 Å². The van der Waals surface area contributed by atoms with Crippen molar-refractivity contribution >= 4 is 16.7 Å². The number of hydrogen-bond donors (Lipinski definition) is 0. The molecular formula is C25H34N2O3. The summed E-state index contributed by atoms with van der Waals surface area (Å²) in [4.78, 5) is 17.9. The van der Waals surface area contributed by atoms with Crippen LogP contribution in [0.4, 0.5) is 0 Å². The third kappa shape index (κ3) is 4.25. The Bertz CT molecular complexity index is 859. The smallest absolute Gasteiger partial charge is 0.227 e. The van der Waals surface area contributed by atoms with Crippen molar-refractivity contribution in [2.45, 2.75) is 56.4 Å². The van der Waals surface area contributed by atoms with Gasteiger partial charge in [-0.15, -0.1) is 0 Å². The number of amides is 1. The van der Waals surface area contributed by atoms with Crippen LogP contribution >= 0.6 is 0 Å². The molecule has 2 aliphatic rings. The van der Waals surface area contributed by atoms with Gasteiger partial charge in [-0.25, -0.2) is 0 Å². The van der Waals surface area contributed by atoms with Gasteiger partial charge >= 0.3 is 0 Å². The summed E-state index contributed by atoms with van der Waals surface area (Å²) < 4.78 is 11.5. The fourth-order valence-electron chi connectivity index (χ4n) is 5.39. The van der Waals surface area contributed by atoms with Gasteiger partial charge in [0, 0.05) is 33.4 Å². The summed E-state index contributed by atoms with van der Waals surface area (Å²) in [5, 5.41) is 2.34. The molecule has 1 saturated carbocycles. The number of likely N-dealkylation sites (N-methyl/N-ethyl adjacent to an activating group) is 1. The summed E-state index contributed by atoms with van der Waals surface area (Å²) in [6.45, 7) is 2.22. The van der Waals surface area contributed by atoms with Gasteiger partial charge in [0.25, 0.3) is 0 Å². The maximum Gasteiger partial charge on any atom is 0.227 e. The standard InChI is InChI=1S/C25H34N2O3/c1-26(25(28)15-19-11-8-10-18-9-4-5-12-20(18)19)21-16-23(29-2)24(30-3)17-22(21)27-13-6-7-14-27/h4-5,8-12,21-24H,6-7,13-17H2,1-3H3/t21-,22-,23?,24+/m1/s1. The molecule has 5 heteroatoms. The quantitative estimate of drug-likeness (QED) is 0.731. The second-order valence-electron chi connectivity index (χ2n) is 8.72. The van der Waals surface area contributed by atoms with Crippen molar-refractivity contribution in [2.24, 2.45) is 0 Å². The summed E-state index contributed by atoms with van der Waals surface area (Å²) in [5.74, 6) is 0.172. The molecule has 4 rings (SSSR count). The second-order valence-corrected chi connectivity index (χ2v) is 8.72. The van der Waals surface area contributed by atoms with Gasteiger partial charge in [0.15, 0.2) is 0 Å². The molecule has 2 fully saturated rings. The van der Waals surface area contributed by atoms with Crippen LogP contribution in [0.25, 0.3) is 10.8 Å². The van der Waals surface area contributed by atoms with Crippen LogP contribution in [-0.4, -0.2) is 74.4 Å². The normalized spacial score (nSPS) is 27.4. The highest BCUT2D eigenvalue weighted by Gasteiger charge is 2.43. The number of likely N-dealkylation sites (tertiary alicyclic amines) is 1. The lowest BCUT2D eigenvalue weighted by Crippen LogP contribution is -2.59. The Balaban J connectivity index is 1.55.